The van der Waals surface area contributed by atoms with E-state index < -0.39 is 35.4 Å². The number of benzene rings is 1. The Morgan fingerprint density at radius 2 is 1.98 bits per heavy atom. The van der Waals surface area contributed by atoms with E-state index in [1.54, 1.807) is 18.1 Å². The number of H-pyrrole nitrogens is 2. The highest BCUT2D eigenvalue weighted by atomic mass is 16.5. The standard InChI is InChI=1S/C28H32N6O6/c1-40-22-7-3-6-19-18(22)12-20(31-19)27(38)34-13-15-4-2-5-17(15)23(34)25(36)32-21(14-33-11-10-29-28(33)39)24(35)26(37)30-16-8-9-16/h3,6-7,10-12,15-17,21,23,31H,2,4-5,8-9,13-14H2,1H3,(H,29,39)(H,30,37)(H,32,36). The second kappa shape index (κ2) is 10.3. The molecule has 1 saturated heterocycles. The van der Waals surface area contributed by atoms with Crippen molar-refractivity contribution in [3.63, 3.8) is 0 Å². The first-order chi connectivity index (χ1) is 19.3. The summed E-state index contributed by atoms with van der Waals surface area (Å²) in [5.41, 5.74) is 0.623. The first-order valence-corrected chi connectivity index (χ1v) is 13.7. The number of Topliss-reactive ketones (excluding diaryl/α,β-unsaturated/α-hetero) is 1. The number of methoxy groups -OCH3 is 1. The van der Waals surface area contributed by atoms with E-state index in [2.05, 4.69) is 20.6 Å². The highest BCUT2D eigenvalue weighted by Crippen LogP contribution is 2.43. The van der Waals surface area contributed by atoms with Gasteiger partial charge in [-0.25, -0.2) is 4.79 Å². The van der Waals surface area contributed by atoms with Gasteiger partial charge >= 0.3 is 5.69 Å². The monoisotopic (exact) mass is 548 g/mol. The van der Waals surface area contributed by atoms with Crippen molar-refractivity contribution < 1.29 is 23.9 Å². The van der Waals surface area contributed by atoms with E-state index in [1.807, 2.05) is 18.2 Å². The highest BCUT2D eigenvalue weighted by molar-refractivity contribution is 6.38. The van der Waals surface area contributed by atoms with Gasteiger partial charge in [-0.15, -0.1) is 0 Å². The molecule has 210 valence electrons. The molecule has 4 atom stereocenters. The van der Waals surface area contributed by atoms with Crippen LogP contribution in [0.4, 0.5) is 0 Å². The first-order valence-electron chi connectivity index (χ1n) is 13.7. The maximum atomic E-state index is 13.9. The van der Waals surface area contributed by atoms with Gasteiger partial charge in [0, 0.05) is 35.9 Å². The van der Waals surface area contributed by atoms with Gasteiger partial charge in [-0.2, -0.15) is 0 Å². The molecule has 0 spiro atoms. The minimum atomic E-state index is -1.27. The maximum absolute atomic E-state index is 13.9. The van der Waals surface area contributed by atoms with Crippen LogP contribution in [0.3, 0.4) is 0 Å². The molecule has 3 fully saturated rings. The van der Waals surface area contributed by atoms with Crippen LogP contribution < -0.4 is 21.1 Å². The lowest BCUT2D eigenvalue weighted by atomic mass is 9.93. The summed E-state index contributed by atoms with van der Waals surface area (Å²) >= 11 is 0. The largest absolute Gasteiger partial charge is 0.496 e. The van der Waals surface area contributed by atoms with E-state index in [-0.39, 0.29) is 30.3 Å². The number of amides is 3. The van der Waals surface area contributed by atoms with Gasteiger partial charge < -0.3 is 30.2 Å². The fraction of sp³-hybridized carbons (Fsp3) is 0.464. The lowest BCUT2D eigenvalue weighted by molar-refractivity contribution is -0.140. The molecular formula is C28H32N6O6. The van der Waals surface area contributed by atoms with Gasteiger partial charge in [0.1, 0.15) is 23.5 Å². The van der Waals surface area contributed by atoms with Gasteiger partial charge in [0.25, 0.3) is 11.8 Å². The third-order valence-electron chi connectivity index (χ3n) is 8.37. The van der Waals surface area contributed by atoms with Crippen LogP contribution in [-0.4, -0.2) is 74.7 Å². The number of ether oxygens (including phenoxy) is 1. The molecule has 0 bridgehead atoms. The molecule has 0 radical (unpaired) electrons. The fourth-order valence-corrected chi connectivity index (χ4v) is 6.21. The van der Waals surface area contributed by atoms with Crippen molar-refractivity contribution in [3.05, 3.63) is 52.8 Å². The Hall–Kier alpha value is -4.35. The zero-order valence-electron chi connectivity index (χ0n) is 22.1. The van der Waals surface area contributed by atoms with Gasteiger partial charge in [-0.3, -0.25) is 23.7 Å². The summed E-state index contributed by atoms with van der Waals surface area (Å²) in [6.07, 6.45) is 7.12. The van der Waals surface area contributed by atoms with E-state index in [9.17, 15) is 24.0 Å². The van der Waals surface area contributed by atoms with Crippen LogP contribution >= 0.6 is 0 Å². The molecule has 3 amide bonds. The maximum Gasteiger partial charge on any atom is 0.325 e. The van der Waals surface area contributed by atoms with E-state index in [1.165, 1.54) is 17.0 Å². The number of hydrogen-bond donors (Lipinski definition) is 4. The van der Waals surface area contributed by atoms with Crippen LogP contribution in [0, 0.1) is 11.8 Å². The Morgan fingerprint density at radius 3 is 2.70 bits per heavy atom. The van der Waals surface area contributed by atoms with Gasteiger partial charge in [-0.1, -0.05) is 12.5 Å². The Kier molecular flexibility index (Phi) is 6.68. The Balaban J connectivity index is 1.27. The van der Waals surface area contributed by atoms with Crippen LogP contribution in [0.15, 0.2) is 41.5 Å². The highest BCUT2D eigenvalue weighted by Gasteiger charge is 2.50. The summed E-state index contributed by atoms with van der Waals surface area (Å²) in [6.45, 7) is 0.216. The minimum Gasteiger partial charge on any atom is -0.496 e. The summed E-state index contributed by atoms with van der Waals surface area (Å²) in [7, 11) is 1.56. The first kappa shape index (κ1) is 25.9. The fourth-order valence-electron chi connectivity index (χ4n) is 6.21. The molecule has 2 aliphatic carbocycles. The van der Waals surface area contributed by atoms with Crippen LogP contribution in [0.2, 0.25) is 0 Å². The van der Waals surface area contributed by atoms with Crippen LogP contribution in [0.25, 0.3) is 10.9 Å². The van der Waals surface area contributed by atoms with Crippen LogP contribution in [0.1, 0.15) is 42.6 Å². The van der Waals surface area contributed by atoms with Gasteiger partial charge in [-0.05, 0) is 55.7 Å². The lowest BCUT2D eigenvalue weighted by Crippen LogP contribution is -2.56. The van der Waals surface area contributed by atoms with E-state index in [0.29, 0.717) is 18.0 Å². The van der Waals surface area contributed by atoms with E-state index in [0.717, 1.165) is 43.0 Å². The molecule has 3 aliphatic rings. The van der Waals surface area contributed by atoms with Crippen molar-refractivity contribution in [2.45, 2.75) is 56.8 Å². The average molecular weight is 549 g/mol. The molecule has 4 unspecified atom stereocenters. The predicted octanol–water partition coefficient (Wildman–Crippen LogP) is 0.940. The van der Waals surface area contributed by atoms with Crippen molar-refractivity contribution in [2.75, 3.05) is 13.7 Å². The molecule has 3 heterocycles. The number of likely N-dealkylation sites (tertiary alicyclic amines) is 1. The van der Waals surface area contributed by atoms with E-state index in [4.69, 9.17) is 4.74 Å². The number of fused-ring (bicyclic) bond motifs is 2. The zero-order chi connectivity index (χ0) is 28.0. The SMILES string of the molecule is COc1cccc2[nH]c(C(=O)N3CC4CCCC4C3C(=O)NC(Cn3cc[nH]c3=O)C(=O)C(=O)NC3CC3)cc12. The average Bonchev–Trinajstić information content (AvgIpc) is 3.30. The molecule has 6 rings (SSSR count). The number of ketones is 1. The minimum absolute atomic E-state index is 0.0418. The summed E-state index contributed by atoms with van der Waals surface area (Å²) < 4.78 is 6.67. The molecular weight excluding hydrogens is 516 g/mol. The predicted molar refractivity (Wildman–Crippen MR) is 144 cm³/mol. The number of aromatic nitrogens is 3. The number of carbonyl (C=O) groups excluding carboxylic acids is 4. The number of imidazole rings is 1. The third kappa shape index (κ3) is 4.78. The topological polar surface area (TPSA) is 158 Å². The molecule has 12 nitrogen and oxygen atoms in total. The van der Waals surface area contributed by atoms with Gasteiger partial charge in [0.2, 0.25) is 11.7 Å². The lowest BCUT2D eigenvalue weighted by Gasteiger charge is -2.28. The van der Waals surface area contributed by atoms with E-state index >= 15 is 0 Å². The molecule has 1 aromatic carbocycles. The molecule has 3 aromatic rings. The number of carbonyl (C=O) groups is 4. The summed E-state index contributed by atoms with van der Waals surface area (Å²) in [5, 5.41) is 6.17. The number of hydrogen-bond acceptors (Lipinski definition) is 6. The molecule has 4 N–H and O–H groups in total. The number of nitrogens with one attached hydrogen (secondary N) is 4. The molecule has 2 aromatic heterocycles. The Morgan fingerprint density at radius 1 is 1.15 bits per heavy atom. The Labute approximate surface area is 229 Å². The van der Waals surface area contributed by atoms with Crippen molar-refractivity contribution in [1.29, 1.82) is 0 Å². The quantitative estimate of drug-likeness (QED) is 0.291. The molecule has 40 heavy (non-hydrogen) atoms. The molecule has 12 heteroatoms. The van der Waals surface area contributed by atoms with Crippen LogP contribution in [-0.2, 0) is 20.9 Å². The number of aromatic amines is 2. The number of nitrogens with zero attached hydrogens (tertiary/aromatic N) is 2. The Bertz CT molecular complexity index is 1530. The van der Waals surface area contributed by atoms with Crippen LogP contribution in [0.5, 0.6) is 5.75 Å². The summed E-state index contributed by atoms with van der Waals surface area (Å²) in [4.78, 5) is 72.9. The summed E-state index contributed by atoms with van der Waals surface area (Å²) in [5.74, 6) is -1.70. The van der Waals surface area contributed by atoms with Crippen molar-refractivity contribution in [2.24, 2.45) is 11.8 Å². The molecule has 1 aliphatic heterocycles. The normalized spacial score (nSPS) is 22.6. The second-order valence-electron chi connectivity index (χ2n) is 11.0. The van der Waals surface area contributed by atoms with Gasteiger partial charge in [0.15, 0.2) is 0 Å². The zero-order valence-corrected chi connectivity index (χ0v) is 22.1. The van der Waals surface area contributed by atoms with Crippen molar-refractivity contribution >= 4 is 34.4 Å². The smallest absolute Gasteiger partial charge is 0.325 e. The second-order valence-corrected chi connectivity index (χ2v) is 11.0. The van der Waals surface area contributed by atoms with Gasteiger partial charge in [0.05, 0.1) is 13.7 Å². The number of rotatable bonds is 9. The van der Waals surface area contributed by atoms with Crippen molar-refractivity contribution in [1.82, 2.24) is 30.1 Å². The van der Waals surface area contributed by atoms with Crippen molar-refractivity contribution in [3.8, 4) is 5.75 Å². The molecule has 2 saturated carbocycles. The summed E-state index contributed by atoms with van der Waals surface area (Å²) in [6, 6.07) is 5.10. The third-order valence-corrected chi connectivity index (χ3v) is 8.37.